The molecule has 0 amide bonds. The van der Waals surface area contributed by atoms with Crippen LogP contribution in [0.2, 0.25) is 5.02 Å². The number of H-pyrrole nitrogens is 1. The number of nitrogens with one attached hydrogen (secondary N) is 1. The summed E-state index contributed by atoms with van der Waals surface area (Å²) < 4.78 is 13.9. The van der Waals surface area contributed by atoms with E-state index in [9.17, 15) is 9.18 Å². The van der Waals surface area contributed by atoms with Crippen molar-refractivity contribution in [3.63, 3.8) is 0 Å². The van der Waals surface area contributed by atoms with Crippen molar-refractivity contribution in [2.24, 2.45) is 0 Å². The van der Waals surface area contributed by atoms with Gasteiger partial charge in [0, 0.05) is 5.39 Å². The normalized spacial score (nSPS) is 10.9. The van der Waals surface area contributed by atoms with Crippen molar-refractivity contribution in [2.75, 3.05) is 0 Å². The minimum atomic E-state index is -0.482. The summed E-state index contributed by atoms with van der Waals surface area (Å²) in [5.74, 6) is -0.482. The lowest BCUT2D eigenvalue weighted by molar-refractivity contribution is 0.630. The van der Waals surface area contributed by atoms with Crippen molar-refractivity contribution in [2.45, 2.75) is 6.92 Å². The van der Waals surface area contributed by atoms with Gasteiger partial charge >= 0.3 is 0 Å². The molecule has 2 nitrogen and oxygen atoms in total. The maximum atomic E-state index is 13.6. The number of aromatic nitrogens is 1. The molecule has 0 aliphatic carbocycles. The summed E-state index contributed by atoms with van der Waals surface area (Å²) in [5.41, 5.74) is 0.289. The van der Waals surface area contributed by atoms with E-state index >= 15 is 0 Å². The van der Waals surface area contributed by atoms with E-state index in [0.717, 1.165) is 0 Å². The van der Waals surface area contributed by atoms with Crippen molar-refractivity contribution < 1.29 is 4.39 Å². The molecule has 1 aromatic carbocycles. The molecule has 0 atom stereocenters. The molecule has 0 unspecified atom stereocenters. The number of halogens is 3. The minimum absolute atomic E-state index is 0.101. The third-order valence-corrected chi connectivity index (χ3v) is 3.33. The highest BCUT2D eigenvalue weighted by molar-refractivity contribution is 9.10. The third kappa shape index (κ3) is 1.58. The summed E-state index contributed by atoms with van der Waals surface area (Å²) in [6, 6.07) is 3.29. The van der Waals surface area contributed by atoms with E-state index in [0.29, 0.717) is 15.4 Å². The molecule has 0 bridgehead atoms. The number of aryl methyl sites for hydroxylation is 1. The Labute approximate surface area is 98.2 Å². The first-order valence-corrected chi connectivity index (χ1v) is 5.35. The Morgan fingerprint density at radius 2 is 2.13 bits per heavy atom. The number of hydrogen-bond donors (Lipinski definition) is 1. The number of benzene rings is 1. The molecule has 5 heteroatoms. The predicted octanol–water partition coefficient (Wildman–Crippen LogP) is 3.39. The highest BCUT2D eigenvalue weighted by Gasteiger charge is 2.11. The van der Waals surface area contributed by atoms with Crippen LogP contribution in [0.5, 0.6) is 0 Å². The summed E-state index contributed by atoms with van der Waals surface area (Å²) in [5, 5.41) is 0.713. The molecule has 78 valence electrons. The van der Waals surface area contributed by atoms with Crippen LogP contribution < -0.4 is 5.56 Å². The van der Waals surface area contributed by atoms with Crippen molar-refractivity contribution in [1.29, 1.82) is 0 Å². The SMILES string of the molecule is Cc1c(Cl)c(=O)[nH]c2c(F)c(Br)ccc12. The zero-order valence-corrected chi connectivity index (χ0v) is 10.0. The molecule has 2 aromatic rings. The van der Waals surface area contributed by atoms with Crippen molar-refractivity contribution in [3.05, 3.63) is 43.4 Å². The lowest BCUT2D eigenvalue weighted by atomic mass is 10.1. The van der Waals surface area contributed by atoms with Crippen LogP contribution in [-0.4, -0.2) is 4.98 Å². The van der Waals surface area contributed by atoms with Crippen LogP contribution in [0.3, 0.4) is 0 Å². The van der Waals surface area contributed by atoms with Crippen LogP contribution >= 0.6 is 27.5 Å². The van der Waals surface area contributed by atoms with Crippen LogP contribution in [0, 0.1) is 12.7 Å². The van der Waals surface area contributed by atoms with E-state index in [1.54, 1.807) is 19.1 Å². The Kier molecular flexibility index (Phi) is 2.56. The highest BCUT2D eigenvalue weighted by Crippen LogP contribution is 2.26. The summed E-state index contributed by atoms with van der Waals surface area (Å²) in [6.07, 6.45) is 0. The smallest absolute Gasteiger partial charge is 0.267 e. The minimum Gasteiger partial charge on any atom is -0.318 e. The summed E-state index contributed by atoms with van der Waals surface area (Å²) in [6.45, 7) is 1.69. The first-order valence-electron chi connectivity index (χ1n) is 4.18. The van der Waals surface area contributed by atoms with Gasteiger partial charge in [-0.3, -0.25) is 4.79 Å². The standard InChI is InChI=1S/C10H6BrClFNO/c1-4-5-2-3-6(11)8(13)9(5)14-10(15)7(4)12/h2-3H,1H3,(H,14,15). The van der Waals surface area contributed by atoms with Gasteiger partial charge in [-0.1, -0.05) is 17.7 Å². The lowest BCUT2D eigenvalue weighted by Crippen LogP contribution is -2.09. The maximum Gasteiger partial charge on any atom is 0.267 e. The topological polar surface area (TPSA) is 32.9 Å². The molecule has 0 spiro atoms. The number of fused-ring (bicyclic) bond motifs is 1. The van der Waals surface area contributed by atoms with Crippen LogP contribution in [0.15, 0.2) is 21.4 Å². The fourth-order valence-corrected chi connectivity index (χ4v) is 1.92. The number of aromatic amines is 1. The Morgan fingerprint density at radius 3 is 2.80 bits per heavy atom. The van der Waals surface area contributed by atoms with Gasteiger partial charge < -0.3 is 4.98 Å². The molecule has 0 saturated heterocycles. The predicted molar refractivity (Wildman–Crippen MR) is 62.0 cm³/mol. The van der Waals surface area contributed by atoms with Crippen LogP contribution in [0.4, 0.5) is 4.39 Å². The summed E-state index contributed by atoms with van der Waals surface area (Å²) in [7, 11) is 0. The molecule has 0 aliphatic heterocycles. The average molecular weight is 291 g/mol. The van der Waals surface area contributed by atoms with Gasteiger partial charge in [0.25, 0.3) is 5.56 Å². The van der Waals surface area contributed by atoms with Crippen molar-refractivity contribution >= 4 is 38.4 Å². The molecular formula is C10H6BrClFNO. The van der Waals surface area contributed by atoms with Crippen LogP contribution in [0.1, 0.15) is 5.56 Å². The van der Waals surface area contributed by atoms with E-state index in [4.69, 9.17) is 11.6 Å². The van der Waals surface area contributed by atoms with Gasteiger partial charge in [0.15, 0.2) is 5.82 Å². The second-order valence-electron chi connectivity index (χ2n) is 3.18. The van der Waals surface area contributed by atoms with E-state index in [1.807, 2.05) is 0 Å². The first kappa shape index (κ1) is 10.6. The molecule has 0 fully saturated rings. The van der Waals surface area contributed by atoms with Crippen molar-refractivity contribution in [1.82, 2.24) is 4.98 Å². The number of rotatable bonds is 0. The monoisotopic (exact) mass is 289 g/mol. The molecule has 15 heavy (non-hydrogen) atoms. The molecule has 1 heterocycles. The molecule has 2 rings (SSSR count). The second kappa shape index (κ2) is 3.61. The third-order valence-electron chi connectivity index (χ3n) is 2.27. The highest BCUT2D eigenvalue weighted by atomic mass is 79.9. The largest absolute Gasteiger partial charge is 0.318 e. The molecule has 1 N–H and O–H groups in total. The molecular weight excluding hydrogens is 284 g/mol. The fourth-order valence-electron chi connectivity index (χ4n) is 1.44. The van der Waals surface area contributed by atoms with Crippen molar-refractivity contribution in [3.8, 4) is 0 Å². The Balaban J connectivity index is 3.05. The fraction of sp³-hybridized carbons (Fsp3) is 0.100. The van der Waals surface area contributed by atoms with Gasteiger partial charge in [-0.15, -0.1) is 0 Å². The maximum absolute atomic E-state index is 13.6. The van der Waals surface area contributed by atoms with Gasteiger partial charge in [0.2, 0.25) is 0 Å². The van der Waals surface area contributed by atoms with Gasteiger partial charge in [0.05, 0.1) is 9.99 Å². The zero-order chi connectivity index (χ0) is 11.2. The van der Waals surface area contributed by atoms with E-state index in [2.05, 4.69) is 20.9 Å². The van der Waals surface area contributed by atoms with Crippen LogP contribution in [-0.2, 0) is 0 Å². The second-order valence-corrected chi connectivity index (χ2v) is 4.41. The van der Waals surface area contributed by atoms with Gasteiger partial charge in [-0.2, -0.15) is 0 Å². The Hall–Kier alpha value is -0.870. The van der Waals surface area contributed by atoms with E-state index < -0.39 is 11.4 Å². The lowest BCUT2D eigenvalue weighted by Gasteiger charge is -2.05. The summed E-state index contributed by atoms with van der Waals surface area (Å²) in [4.78, 5) is 13.8. The molecule has 0 saturated carbocycles. The number of pyridine rings is 1. The van der Waals surface area contributed by atoms with E-state index in [1.165, 1.54) is 0 Å². The van der Waals surface area contributed by atoms with Crippen LogP contribution in [0.25, 0.3) is 10.9 Å². The first-order chi connectivity index (χ1) is 7.02. The van der Waals surface area contributed by atoms with Gasteiger partial charge in [-0.05, 0) is 34.5 Å². The van der Waals surface area contributed by atoms with E-state index in [-0.39, 0.29) is 10.5 Å². The summed E-state index contributed by atoms with van der Waals surface area (Å²) >= 11 is 8.82. The molecule has 0 aliphatic rings. The number of hydrogen-bond acceptors (Lipinski definition) is 1. The quantitative estimate of drug-likeness (QED) is 0.792. The zero-order valence-electron chi connectivity index (χ0n) is 7.70. The molecule has 0 radical (unpaired) electrons. The average Bonchev–Trinajstić information content (AvgIpc) is 2.21. The van der Waals surface area contributed by atoms with Gasteiger partial charge in [-0.25, -0.2) is 4.39 Å². The molecule has 1 aromatic heterocycles. The Bertz CT molecular complexity index is 608. The Morgan fingerprint density at radius 1 is 1.47 bits per heavy atom. The van der Waals surface area contributed by atoms with Gasteiger partial charge in [0.1, 0.15) is 5.02 Å².